The van der Waals surface area contributed by atoms with Gasteiger partial charge in [-0.3, -0.25) is 9.59 Å². The van der Waals surface area contributed by atoms with Gasteiger partial charge in [-0.1, -0.05) is 0 Å². The summed E-state index contributed by atoms with van der Waals surface area (Å²) < 4.78 is 5.22. The molecule has 4 heterocycles. The number of piperidine rings is 3. The summed E-state index contributed by atoms with van der Waals surface area (Å²) in [5, 5.41) is 3.02. The molecule has 0 aromatic carbocycles. The molecule has 0 spiro atoms. The van der Waals surface area contributed by atoms with Crippen LogP contribution in [-0.4, -0.2) is 66.6 Å². The number of amides is 2. The lowest BCUT2D eigenvalue weighted by molar-refractivity contribution is -0.149. The second-order valence-corrected chi connectivity index (χ2v) is 8.62. The van der Waals surface area contributed by atoms with E-state index in [2.05, 4.69) is 33.1 Å². The van der Waals surface area contributed by atoms with E-state index in [1.54, 1.807) is 0 Å². The normalized spacial score (nSPS) is 28.8. The van der Waals surface area contributed by atoms with E-state index >= 15 is 0 Å². The van der Waals surface area contributed by atoms with Crippen molar-refractivity contribution < 1.29 is 14.3 Å². The Balaban J connectivity index is 1.53. The Labute approximate surface area is 172 Å². The van der Waals surface area contributed by atoms with Gasteiger partial charge in [-0.05, 0) is 62.6 Å². The van der Waals surface area contributed by atoms with Crippen LogP contribution in [0.2, 0.25) is 0 Å². The summed E-state index contributed by atoms with van der Waals surface area (Å²) in [5.74, 6) is 1.97. The molecule has 2 bridgehead atoms. The molecule has 2 amide bonds. The maximum absolute atomic E-state index is 12.8. The minimum atomic E-state index is -0.108. The summed E-state index contributed by atoms with van der Waals surface area (Å²) in [6, 6.07) is 4.48. The van der Waals surface area contributed by atoms with Gasteiger partial charge < -0.3 is 19.9 Å². The molecule has 3 aliphatic heterocycles. The smallest absolute Gasteiger partial charge is 0.246 e. The number of ether oxygens (including phenoxy) is 1. The van der Waals surface area contributed by atoms with E-state index in [9.17, 15) is 9.59 Å². The Morgan fingerprint density at radius 1 is 1.34 bits per heavy atom. The largest absolute Gasteiger partial charge is 0.372 e. The molecular weight excluding hydrogens is 368 g/mol. The van der Waals surface area contributed by atoms with Gasteiger partial charge in [0.25, 0.3) is 0 Å². The number of carbonyl (C=O) groups is 2. The quantitative estimate of drug-likeness (QED) is 0.787. The van der Waals surface area contributed by atoms with Crippen LogP contribution in [0.5, 0.6) is 0 Å². The molecule has 1 aromatic rings. The maximum atomic E-state index is 12.8. The Morgan fingerprint density at radius 2 is 2.17 bits per heavy atom. The first kappa shape index (κ1) is 20.1. The Hall–Kier alpha value is -2.15. The molecule has 7 nitrogen and oxygen atoms in total. The molecule has 29 heavy (non-hydrogen) atoms. The highest BCUT2D eigenvalue weighted by Gasteiger charge is 2.49. The van der Waals surface area contributed by atoms with Crippen molar-refractivity contribution in [1.29, 1.82) is 0 Å². The number of pyridine rings is 1. The monoisotopic (exact) mass is 400 g/mol. The zero-order valence-electron chi connectivity index (χ0n) is 17.5. The van der Waals surface area contributed by atoms with E-state index in [1.807, 2.05) is 19.2 Å². The average molecular weight is 401 g/mol. The van der Waals surface area contributed by atoms with Crippen LogP contribution in [0, 0.1) is 18.8 Å². The second-order valence-electron chi connectivity index (χ2n) is 8.62. The fraction of sp³-hybridized carbons (Fsp3) is 0.682. The minimum Gasteiger partial charge on any atom is -0.372 e. The standard InChI is InChI=1S/C22H32N4O3/c1-3-29-14-21(27)24-11-19-17-10-16(18-5-4-6-22(28)26(18)19)12-25(13-17)20-9-15(2)7-8-23-20/h7-9,16-19H,3-6,10-14H2,1-2H3,(H,24,27)/t16-,17+,18+,19+/m1/s1. The number of aromatic nitrogens is 1. The molecule has 7 heteroatoms. The predicted molar refractivity (Wildman–Crippen MR) is 111 cm³/mol. The highest BCUT2D eigenvalue weighted by Crippen LogP contribution is 2.42. The zero-order valence-corrected chi connectivity index (χ0v) is 17.5. The number of nitrogens with zero attached hydrogens (tertiary/aromatic N) is 3. The maximum Gasteiger partial charge on any atom is 0.246 e. The third-order valence-electron chi connectivity index (χ3n) is 6.67. The summed E-state index contributed by atoms with van der Waals surface area (Å²) in [6.07, 6.45) is 5.64. The number of rotatable bonds is 6. The summed E-state index contributed by atoms with van der Waals surface area (Å²) in [7, 11) is 0. The van der Waals surface area contributed by atoms with Gasteiger partial charge in [0.05, 0.1) is 6.04 Å². The molecule has 158 valence electrons. The molecule has 0 saturated carbocycles. The summed E-state index contributed by atoms with van der Waals surface area (Å²) in [5.41, 5.74) is 1.21. The number of aryl methyl sites for hydroxylation is 1. The SMILES string of the molecule is CCOCC(=O)NC[C@H]1[C@H]2C[C@H](CN(c3cc(C)ccn3)C2)[C@@H]2CCCC(=O)N21. The summed E-state index contributed by atoms with van der Waals surface area (Å²) >= 11 is 0. The highest BCUT2D eigenvalue weighted by molar-refractivity contribution is 5.79. The molecule has 3 aliphatic rings. The van der Waals surface area contributed by atoms with Gasteiger partial charge in [0, 0.05) is 44.9 Å². The molecule has 0 aliphatic carbocycles. The number of hydrogen-bond donors (Lipinski definition) is 1. The first-order chi connectivity index (χ1) is 14.1. The molecule has 0 unspecified atom stereocenters. The highest BCUT2D eigenvalue weighted by atomic mass is 16.5. The number of anilines is 1. The summed E-state index contributed by atoms with van der Waals surface area (Å²) in [4.78, 5) is 34.1. The van der Waals surface area contributed by atoms with E-state index in [4.69, 9.17) is 4.74 Å². The lowest BCUT2D eigenvalue weighted by atomic mass is 9.72. The van der Waals surface area contributed by atoms with E-state index in [0.717, 1.165) is 38.2 Å². The van der Waals surface area contributed by atoms with Crippen LogP contribution in [0.25, 0.3) is 0 Å². The van der Waals surface area contributed by atoms with Crippen molar-refractivity contribution in [2.75, 3.05) is 37.7 Å². The molecule has 4 atom stereocenters. The number of hydrogen-bond acceptors (Lipinski definition) is 5. The fourth-order valence-corrected chi connectivity index (χ4v) is 5.38. The van der Waals surface area contributed by atoms with Gasteiger partial charge in [0.1, 0.15) is 12.4 Å². The van der Waals surface area contributed by atoms with Gasteiger partial charge in [-0.15, -0.1) is 0 Å². The van der Waals surface area contributed by atoms with Crippen molar-refractivity contribution in [3.8, 4) is 0 Å². The van der Waals surface area contributed by atoms with Crippen molar-refractivity contribution in [1.82, 2.24) is 15.2 Å². The van der Waals surface area contributed by atoms with Crippen LogP contribution >= 0.6 is 0 Å². The number of carbonyl (C=O) groups excluding carboxylic acids is 2. The van der Waals surface area contributed by atoms with Crippen molar-refractivity contribution in [3.63, 3.8) is 0 Å². The van der Waals surface area contributed by atoms with Crippen molar-refractivity contribution in [2.45, 2.75) is 51.6 Å². The third-order valence-corrected chi connectivity index (χ3v) is 6.67. The molecule has 4 rings (SSSR count). The molecule has 3 fully saturated rings. The molecular formula is C22H32N4O3. The van der Waals surface area contributed by atoms with Gasteiger partial charge in [0.2, 0.25) is 11.8 Å². The van der Waals surface area contributed by atoms with Crippen LogP contribution in [0.4, 0.5) is 5.82 Å². The molecule has 3 saturated heterocycles. The first-order valence-electron chi connectivity index (χ1n) is 10.9. The van der Waals surface area contributed by atoms with Crippen LogP contribution < -0.4 is 10.2 Å². The van der Waals surface area contributed by atoms with E-state index in [1.165, 1.54) is 5.56 Å². The Morgan fingerprint density at radius 3 is 2.97 bits per heavy atom. The first-order valence-corrected chi connectivity index (χ1v) is 10.9. The third kappa shape index (κ3) is 4.25. The van der Waals surface area contributed by atoms with Crippen molar-refractivity contribution in [3.05, 3.63) is 23.9 Å². The molecule has 0 radical (unpaired) electrons. The van der Waals surface area contributed by atoms with Crippen molar-refractivity contribution in [2.24, 2.45) is 11.8 Å². The average Bonchev–Trinajstić information content (AvgIpc) is 2.72. The Bertz CT molecular complexity index is 755. The van der Waals surface area contributed by atoms with Gasteiger partial charge >= 0.3 is 0 Å². The van der Waals surface area contributed by atoms with Crippen LogP contribution in [0.15, 0.2) is 18.3 Å². The molecule has 1 aromatic heterocycles. The van der Waals surface area contributed by atoms with Crippen LogP contribution in [0.1, 0.15) is 38.2 Å². The number of nitrogens with one attached hydrogen (secondary N) is 1. The van der Waals surface area contributed by atoms with Crippen LogP contribution in [-0.2, 0) is 14.3 Å². The van der Waals surface area contributed by atoms with Crippen LogP contribution in [0.3, 0.4) is 0 Å². The Kier molecular flexibility index (Phi) is 6.04. The fourth-order valence-electron chi connectivity index (χ4n) is 5.38. The number of fused-ring (bicyclic) bond motifs is 4. The van der Waals surface area contributed by atoms with Gasteiger partial charge in [-0.2, -0.15) is 0 Å². The zero-order chi connectivity index (χ0) is 20.4. The topological polar surface area (TPSA) is 74.8 Å². The molecule has 1 N–H and O–H groups in total. The van der Waals surface area contributed by atoms with Crippen molar-refractivity contribution >= 4 is 17.6 Å². The summed E-state index contributed by atoms with van der Waals surface area (Å²) in [6.45, 7) is 6.89. The minimum absolute atomic E-state index is 0.0437. The lowest BCUT2D eigenvalue weighted by Crippen LogP contribution is -2.67. The predicted octanol–water partition coefficient (Wildman–Crippen LogP) is 1.75. The second kappa shape index (κ2) is 8.69. The van der Waals surface area contributed by atoms with E-state index in [-0.39, 0.29) is 30.5 Å². The van der Waals surface area contributed by atoms with Gasteiger partial charge in [-0.25, -0.2) is 4.98 Å². The van der Waals surface area contributed by atoms with E-state index in [0.29, 0.717) is 31.4 Å². The van der Waals surface area contributed by atoms with Gasteiger partial charge in [0.15, 0.2) is 0 Å². The van der Waals surface area contributed by atoms with E-state index < -0.39 is 0 Å². The lowest BCUT2D eigenvalue weighted by Gasteiger charge is -2.56.